The zero-order valence-corrected chi connectivity index (χ0v) is 13.5. The highest BCUT2D eigenvalue weighted by atomic mass is 16.5. The Morgan fingerprint density at radius 2 is 2.05 bits per heavy atom. The van der Waals surface area contributed by atoms with Gasteiger partial charge in [-0.2, -0.15) is 0 Å². The van der Waals surface area contributed by atoms with E-state index in [9.17, 15) is 4.79 Å². The van der Waals surface area contributed by atoms with E-state index >= 15 is 0 Å². The van der Waals surface area contributed by atoms with Crippen molar-refractivity contribution >= 4 is 5.78 Å². The third-order valence-corrected chi connectivity index (χ3v) is 5.14. The van der Waals surface area contributed by atoms with Crippen LogP contribution in [-0.4, -0.2) is 44.0 Å². The number of fused-ring (bicyclic) bond motifs is 1. The Bertz CT molecular complexity index is 610. The molecule has 1 heterocycles. The first kappa shape index (κ1) is 15.1. The Labute approximate surface area is 131 Å². The predicted molar refractivity (Wildman–Crippen MR) is 85.6 cm³/mol. The molecule has 4 nitrogen and oxygen atoms in total. The number of carbonyl (C=O) groups is 1. The lowest BCUT2D eigenvalue weighted by molar-refractivity contribution is -0.116. The van der Waals surface area contributed by atoms with Crippen LogP contribution in [0.15, 0.2) is 30.4 Å². The van der Waals surface area contributed by atoms with Gasteiger partial charge in [0.25, 0.3) is 0 Å². The molecule has 0 N–H and O–H groups in total. The van der Waals surface area contributed by atoms with E-state index in [1.165, 1.54) is 5.56 Å². The van der Waals surface area contributed by atoms with Crippen molar-refractivity contribution in [1.82, 2.24) is 4.90 Å². The summed E-state index contributed by atoms with van der Waals surface area (Å²) in [5.41, 5.74) is 1.11. The molecule has 3 rings (SSSR count). The number of carbonyl (C=O) groups excluding carboxylic acids is 1. The van der Waals surface area contributed by atoms with Gasteiger partial charge in [0.15, 0.2) is 17.3 Å². The van der Waals surface area contributed by atoms with Crippen molar-refractivity contribution in [2.24, 2.45) is 0 Å². The van der Waals surface area contributed by atoms with Crippen LogP contribution in [0.1, 0.15) is 25.3 Å². The summed E-state index contributed by atoms with van der Waals surface area (Å²) in [5, 5.41) is 0. The number of methoxy groups -OCH3 is 2. The first-order chi connectivity index (χ1) is 10.6. The lowest BCUT2D eigenvalue weighted by Gasteiger charge is -2.38. The highest BCUT2D eigenvalue weighted by molar-refractivity contribution is 5.92. The minimum Gasteiger partial charge on any atom is -0.493 e. The second-order valence-electron chi connectivity index (χ2n) is 6.01. The number of rotatable bonds is 4. The molecule has 0 bridgehead atoms. The summed E-state index contributed by atoms with van der Waals surface area (Å²) in [4.78, 5) is 14.3. The van der Waals surface area contributed by atoms with Gasteiger partial charge in [0, 0.05) is 17.9 Å². The third-order valence-electron chi connectivity index (χ3n) is 5.14. The Morgan fingerprint density at radius 3 is 2.73 bits per heavy atom. The van der Waals surface area contributed by atoms with Gasteiger partial charge in [-0.1, -0.05) is 19.1 Å². The van der Waals surface area contributed by atoms with E-state index in [0.29, 0.717) is 6.42 Å². The van der Waals surface area contributed by atoms with Crippen molar-refractivity contribution < 1.29 is 14.3 Å². The SMILES string of the molecule is CCN1CCC2(c3ccc(OC)c(OC)c3)C=CC(=O)CC12. The zero-order valence-electron chi connectivity index (χ0n) is 13.5. The van der Waals surface area contributed by atoms with E-state index in [4.69, 9.17) is 9.47 Å². The molecule has 0 radical (unpaired) electrons. The Kier molecular flexibility index (Phi) is 3.96. The van der Waals surface area contributed by atoms with Crippen molar-refractivity contribution in [3.63, 3.8) is 0 Å². The van der Waals surface area contributed by atoms with Crippen LogP contribution in [0.5, 0.6) is 11.5 Å². The number of nitrogens with zero attached hydrogens (tertiary/aromatic N) is 1. The van der Waals surface area contributed by atoms with Gasteiger partial charge in [-0.15, -0.1) is 0 Å². The quantitative estimate of drug-likeness (QED) is 0.857. The summed E-state index contributed by atoms with van der Waals surface area (Å²) in [6, 6.07) is 6.37. The van der Waals surface area contributed by atoms with Crippen molar-refractivity contribution in [1.29, 1.82) is 0 Å². The molecule has 1 aromatic rings. The maximum absolute atomic E-state index is 11.9. The molecular weight excluding hydrogens is 278 g/mol. The van der Waals surface area contributed by atoms with Crippen LogP contribution < -0.4 is 9.47 Å². The summed E-state index contributed by atoms with van der Waals surface area (Å²) in [5.74, 6) is 1.70. The van der Waals surface area contributed by atoms with E-state index in [1.54, 1.807) is 20.3 Å². The van der Waals surface area contributed by atoms with Crippen molar-refractivity contribution in [2.75, 3.05) is 27.3 Å². The standard InChI is InChI=1S/C18H23NO3/c1-4-19-10-9-18(8-7-14(20)12-17(18)19)13-5-6-15(21-2)16(11-13)22-3/h5-8,11,17H,4,9-10,12H2,1-3H3. The summed E-state index contributed by atoms with van der Waals surface area (Å²) < 4.78 is 10.8. The number of allylic oxidation sites excluding steroid dienone is 1. The highest BCUT2D eigenvalue weighted by Gasteiger charge is 2.48. The molecule has 118 valence electrons. The average Bonchev–Trinajstić information content (AvgIpc) is 2.93. The number of likely N-dealkylation sites (tertiary alicyclic amines) is 1. The van der Waals surface area contributed by atoms with E-state index < -0.39 is 0 Å². The molecule has 1 aromatic carbocycles. The maximum atomic E-state index is 11.9. The lowest BCUT2D eigenvalue weighted by atomic mass is 9.69. The fourth-order valence-corrected chi connectivity index (χ4v) is 3.92. The number of benzene rings is 1. The number of hydrogen-bond donors (Lipinski definition) is 0. The number of ether oxygens (including phenoxy) is 2. The van der Waals surface area contributed by atoms with E-state index in [2.05, 4.69) is 30.0 Å². The van der Waals surface area contributed by atoms with Gasteiger partial charge in [0.05, 0.1) is 14.2 Å². The Morgan fingerprint density at radius 1 is 1.27 bits per heavy atom. The van der Waals surface area contributed by atoms with Crippen LogP contribution in [0.25, 0.3) is 0 Å². The van der Waals surface area contributed by atoms with Crippen molar-refractivity contribution in [3.05, 3.63) is 35.9 Å². The molecule has 4 heteroatoms. The molecule has 1 saturated heterocycles. The molecule has 0 amide bonds. The number of likely N-dealkylation sites (N-methyl/N-ethyl adjacent to an activating group) is 1. The fraction of sp³-hybridized carbons (Fsp3) is 0.500. The van der Waals surface area contributed by atoms with Gasteiger partial charge in [-0.05, 0) is 43.3 Å². The average molecular weight is 301 g/mol. The number of hydrogen-bond acceptors (Lipinski definition) is 4. The van der Waals surface area contributed by atoms with Crippen molar-refractivity contribution in [3.8, 4) is 11.5 Å². The molecular formula is C18H23NO3. The molecule has 1 aliphatic heterocycles. The minimum atomic E-state index is -0.0938. The molecule has 0 saturated carbocycles. The van der Waals surface area contributed by atoms with Crippen LogP contribution >= 0.6 is 0 Å². The summed E-state index contributed by atoms with van der Waals surface area (Å²) in [6.45, 7) is 4.15. The summed E-state index contributed by atoms with van der Waals surface area (Å²) >= 11 is 0. The lowest BCUT2D eigenvalue weighted by Crippen LogP contribution is -2.44. The second kappa shape index (κ2) is 5.76. The maximum Gasteiger partial charge on any atom is 0.161 e. The molecule has 2 atom stereocenters. The molecule has 1 aliphatic carbocycles. The molecule has 0 aromatic heterocycles. The first-order valence-electron chi connectivity index (χ1n) is 7.83. The number of ketones is 1. The molecule has 0 spiro atoms. The molecule has 1 fully saturated rings. The van der Waals surface area contributed by atoms with Gasteiger partial charge < -0.3 is 9.47 Å². The van der Waals surface area contributed by atoms with E-state index in [0.717, 1.165) is 31.0 Å². The van der Waals surface area contributed by atoms with Gasteiger partial charge in [-0.25, -0.2) is 0 Å². The molecule has 2 unspecified atom stereocenters. The largest absolute Gasteiger partial charge is 0.493 e. The van der Waals surface area contributed by atoms with Crippen LogP contribution in [0.2, 0.25) is 0 Å². The topological polar surface area (TPSA) is 38.8 Å². The van der Waals surface area contributed by atoms with Crippen LogP contribution in [0.3, 0.4) is 0 Å². The predicted octanol–water partition coefficient (Wildman–Crippen LogP) is 2.56. The minimum absolute atomic E-state index is 0.0938. The molecule has 22 heavy (non-hydrogen) atoms. The van der Waals surface area contributed by atoms with Crippen LogP contribution in [0, 0.1) is 0 Å². The second-order valence-corrected chi connectivity index (χ2v) is 6.01. The van der Waals surface area contributed by atoms with Crippen molar-refractivity contribution in [2.45, 2.75) is 31.2 Å². The van der Waals surface area contributed by atoms with Gasteiger partial charge in [0.2, 0.25) is 0 Å². The van der Waals surface area contributed by atoms with E-state index in [1.807, 2.05) is 6.07 Å². The highest BCUT2D eigenvalue weighted by Crippen LogP contribution is 2.46. The van der Waals surface area contributed by atoms with Gasteiger partial charge >= 0.3 is 0 Å². The molecule has 2 aliphatic rings. The summed E-state index contributed by atoms with van der Waals surface area (Å²) in [6.07, 6.45) is 5.50. The monoisotopic (exact) mass is 301 g/mol. The van der Waals surface area contributed by atoms with Gasteiger partial charge in [0.1, 0.15) is 0 Å². The van der Waals surface area contributed by atoms with E-state index in [-0.39, 0.29) is 17.2 Å². The summed E-state index contributed by atoms with van der Waals surface area (Å²) in [7, 11) is 3.30. The Balaban J connectivity index is 2.08. The fourth-order valence-electron chi connectivity index (χ4n) is 3.92. The Hall–Kier alpha value is -1.81. The first-order valence-corrected chi connectivity index (χ1v) is 7.83. The van der Waals surface area contributed by atoms with Gasteiger partial charge in [-0.3, -0.25) is 9.69 Å². The normalized spacial score (nSPS) is 27.8. The third kappa shape index (κ3) is 2.22. The zero-order chi connectivity index (χ0) is 15.7. The smallest absolute Gasteiger partial charge is 0.161 e. The van der Waals surface area contributed by atoms with Crippen LogP contribution in [-0.2, 0) is 10.2 Å². The van der Waals surface area contributed by atoms with Crippen LogP contribution in [0.4, 0.5) is 0 Å².